The summed E-state index contributed by atoms with van der Waals surface area (Å²) in [5.74, 6) is 5.78. The highest BCUT2D eigenvalue weighted by Crippen LogP contribution is 2.26. The molecule has 2 aromatic rings. The first-order valence-electron chi connectivity index (χ1n) is 8.14. The zero-order valence-electron chi connectivity index (χ0n) is 13.1. The van der Waals surface area contributed by atoms with Gasteiger partial charge in [-0.3, -0.25) is 10.2 Å². The summed E-state index contributed by atoms with van der Waals surface area (Å²) in [6.07, 6.45) is 6.55. The Bertz CT molecular complexity index is 644. The Morgan fingerprint density at radius 2 is 1.48 bits per heavy atom. The molecular weight excluding hydrogens is 288 g/mol. The normalized spacial score (nSPS) is 15.2. The van der Waals surface area contributed by atoms with Crippen LogP contribution in [-0.4, -0.2) is 12.0 Å². The minimum absolute atomic E-state index is 0.284. The predicted octanol–water partition coefficient (Wildman–Crippen LogP) is 3.67. The number of carbonyl (C=O) groups excluding carboxylic acids is 1. The number of benzene rings is 2. The lowest BCUT2D eigenvalue weighted by Crippen LogP contribution is -2.29. The molecule has 4 nitrogen and oxygen atoms in total. The van der Waals surface area contributed by atoms with Gasteiger partial charge in [0.2, 0.25) is 0 Å². The van der Waals surface area contributed by atoms with Crippen LogP contribution in [0.3, 0.4) is 0 Å². The molecule has 120 valence electrons. The van der Waals surface area contributed by atoms with Crippen LogP contribution < -0.4 is 16.0 Å². The standard InChI is InChI=1S/C19H22N2O2/c20-21-19(22)16-8-6-14(7-9-16)15-10-12-18(13-11-15)23-17-4-2-1-3-5-17/h6-13,17H,1-5,20H2,(H,21,22). The molecule has 1 saturated carbocycles. The molecule has 0 atom stereocenters. The molecule has 2 aromatic carbocycles. The van der Waals surface area contributed by atoms with E-state index in [2.05, 4.69) is 17.6 Å². The average molecular weight is 310 g/mol. The quantitative estimate of drug-likeness (QED) is 0.514. The molecule has 0 heterocycles. The van der Waals surface area contributed by atoms with Crippen LogP contribution in [-0.2, 0) is 0 Å². The summed E-state index contributed by atoms with van der Waals surface area (Å²) in [7, 11) is 0. The SMILES string of the molecule is NNC(=O)c1ccc(-c2ccc(OC3CCCCC3)cc2)cc1. The highest BCUT2D eigenvalue weighted by atomic mass is 16.5. The van der Waals surface area contributed by atoms with E-state index in [-0.39, 0.29) is 5.91 Å². The first kappa shape index (κ1) is 15.6. The van der Waals surface area contributed by atoms with E-state index in [9.17, 15) is 4.79 Å². The highest BCUT2D eigenvalue weighted by molar-refractivity contribution is 5.94. The topological polar surface area (TPSA) is 64.3 Å². The van der Waals surface area contributed by atoms with Crippen molar-refractivity contribution >= 4 is 5.91 Å². The van der Waals surface area contributed by atoms with E-state index >= 15 is 0 Å². The minimum Gasteiger partial charge on any atom is -0.490 e. The number of ether oxygens (including phenoxy) is 1. The van der Waals surface area contributed by atoms with Crippen LogP contribution in [0.25, 0.3) is 11.1 Å². The van der Waals surface area contributed by atoms with E-state index < -0.39 is 0 Å². The van der Waals surface area contributed by atoms with Gasteiger partial charge < -0.3 is 4.74 Å². The molecule has 4 heteroatoms. The number of carbonyl (C=O) groups is 1. The fraction of sp³-hybridized carbons (Fsp3) is 0.316. The molecule has 0 saturated heterocycles. The highest BCUT2D eigenvalue weighted by Gasteiger charge is 2.14. The van der Waals surface area contributed by atoms with Crippen molar-refractivity contribution in [1.29, 1.82) is 0 Å². The van der Waals surface area contributed by atoms with Crippen molar-refractivity contribution in [2.45, 2.75) is 38.2 Å². The molecule has 3 N–H and O–H groups in total. The van der Waals surface area contributed by atoms with Crippen molar-refractivity contribution in [3.05, 3.63) is 54.1 Å². The van der Waals surface area contributed by atoms with Crippen molar-refractivity contribution in [1.82, 2.24) is 5.43 Å². The fourth-order valence-electron chi connectivity index (χ4n) is 3.00. The number of nitrogens with two attached hydrogens (primary N) is 1. The molecule has 0 spiro atoms. The Morgan fingerprint density at radius 3 is 2.04 bits per heavy atom. The van der Waals surface area contributed by atoms with Crippen LogP contribution in [0.5, 0.6) is 5.75 Å². The predicted molar refractivity (Wildman–Crippen MR) is 91.0 cm³/mol. The molecule has 3 rings (SSSR count). The Hall–Kier alpha value is -2.33. The molecule has 0 radical (unpaired) electrons. The van der Waals surface area contributed by atoms with Gasteiger partial charge in [0.25, 0.3) is 5.91 Å². The minimum atomic E-state index is -0.284. The van der Waals surface area contributed by atoms with Gasteiger partial charge in [0.05, 0.1) is 6.10 Å². The second kappa shape index (κ2) is 7.29. The molecule has 1 aliphatic rings. The Labute approximate surface area is 136 Å². The van der Waals surface area contributed by atoms with E-state index in [1.807, 2.05) is 24.3 Å². The van der Waals surface area contributed by atoms with Gasteiger partial charge >= 0.3 is 0 Å². The number of nitrogens with one attached hydrogen (secondary N) is 1. The van der Waals surface area contributed by atoms with Crippen molar-refractivity contribution < 1.29 is 9.53 Å². The van der Waals surface area contributed by atoms with Crippen molar-refractivity contribution in [2.24, 2.45) is 5.84 Å². The van der Waals surface area contributed by atoms with E-state index in [1.165, 1.54) is 19.3 Å². The summed E-state index contributed by atoms with van der Waals surface area (Å²) in [6, 6.07) is 15.5. The lowest BCUT2D eigenvalue weighted by Gasteiger charge is -2.23. The third-order valence-electron chi connectivity index (χ3n) is 4.32. The number of hydrazine groups is 1. The van der Waals surface area contributed by atoms with Gasteiger partial charge in [-0.1, -0.05) is 30.7 Å². The van der Waals surface area contributed by atoms with Gasteiger partial charge in [-0.2, -0.15) is 0 Å². The summed E-state index contributed by atoms with van der Waals surface area (Å²) in [4.78, 5) is 11.4. The third-order valence-corrected chi connectivity index (χ3v) is 4.32. The summed E-state index contributed by atoms with van der Waals surface area (Å²) in [5, 5.41) is 0. The van der Waals surface area contributed by atoms with Gasteiger partial charge in [-0.05, 0) is 61.1 Å². The van der Waals surface area contributed by atoms with Gasteiger partial charge in [0.1, 0.15) is 5.75 Å². The first-order chi connectivity index (χ1) is 11.3. The zero-order chi connectivity index (χ0) is 16.1. The Morgan fingerprint density at radius 1 is 0.913 bits per heavy atom. The van der Waals surface area contributed by atoms with Gasteiger partial charge in [-0.15, -0.1) is 0 Å². The molecule has 0 aliphatic heterocycles. The molecule has 0 aromatic heterocycles. The molecule has 0 bridgehead atoms. The second-order valence-corrected chi connectivity index (χ2v) is 5.95. The number of hydrogen-bond donors (Lipinski definition) is 2. The van der Waals surface area contributed by atoms with Crippen molar-refractivity contribution in [3.8, 4) is 16.9 Å². The monoisotopic (exact) mass is 310 g/mol. The fourth-order valence-corrected chi connectivity index (χ4v) is 3.00. The van der Waals surface area contributed by atoms with Crippen LogP contribution in [0.4, 0.5) is 0 Å². The number of hydrogen-bond acceptors (Lipinski definition) is 3. The molecule has 1 amide bonds. The number of rotatable bonds is 4. The molecule has 1 aliphatic carbocycles. The van der Waals surface area contributed by atoms with E-state index in [4.69, 9.17) is 10.6 Å². The van der Waals surface area contributed by atoms with Gasteiger partial charge in [-0.25, -0.2) is 5.84 Å². The maximum absolute atomic E-state index is 11.4. The van der Waals surface area contributed by atoms with E-state index in [1.54, 1.807) is 12.1 Å². The van der Waals surface area contributed by atoms with Gasteiger partial charge in [0.15, 0.2) is 0 Å². The average Bonchev–Trinajstić information content (AvgIpc) is 2.63. The summed E-state index contributed by atoms with van der Waals surface area (Å²) in [6.45, 7) is 0. The number of amides is 1. The largest absolute Gasteiger partial charge is 0.490 e. The maximum Gasteiger partial charge on any atom is 0.265 e. The summed E-state index contributed by atoms with van der Waals surface area (Å²) < 4.78 is 6.04. The van der Waals surface area contributed by atoms with Crippen LogP contribution in [0.2, 0.25) is 0 Å². The van der Waals surface area contributed by atoms with E-state index in [0.717, 1.165) is 29.7 Å². The molecule has 1 fully saturated rings. The van der Waals surface area contributed by atoms with E-state index in [0.29, 0.717) is 11.7 Å². The lowest BCUT2D eigenvalue weighted by atomic mass is 9.98. The Balaban J connectivity index is 1.67. The Kier molecular flexibility index (Phi) is 4.93. The van der Waals surface area contributed by atoms with Crippen LogP contribution in [0.1, 0.15) is 42.5 Å². The van der Waals surface area contributed by atoms with Crippen LogP contribution in [0.15, 0.2) is 48.5 Å². The summed E-state index contributed by atoms with van der Waals surface area (Å²) >= 11 is 0. The molecule has 0 unspecified atom stereocenters. The van der Waals surface area contributed by atoms with Gasteiger partial charge in [0, 0.05) is 5.56 Å². The molecule has 23 heavy (non-hydrogen) atoms. The third kappa shape index (κ3) is 3.90. The van der Waals surface area contributed by atoms with Crippen molar-refractivity contribution in [3.63, 3.8) is 0 Å². The van der Waals surface area contributed by atoms with Crippen LogP contribution >= 0.6 is 0 Å². The van der Waals surface area contributed by atoms with Crippen molar-refractivity contribution in [2.75, 3.05) is 0 Å². The van der Waals surface area contributed by atoms with Crippen LogP contribution in [0, 0.1) is 0 Å². The molecular formula is C19H22N2O2. The number of nitrogen functional groups attached to an aromatic ring is 1. The summed E-state index contributed by atoms with van der Waals surface area (Å²) in [5.41, 5.74) is 4.84. The lowest BCUT2D eigenvalue weighted by molar-refractivity contribution is 0.0953. The smallest absolute Gasteiger partial charge is 0.265 e. The maximum atomic E-state index is 11.4. The second-order valence-electron chi connectivity index (χ2n) is 5.95. The first-order valence-corrected chi connectivity index (χ1v) is 8.14. The zero-order valence-corrected chi connectivity index (χ0v) is 13.1.